The number of sulfonamides is 1. The van der Waals surface area contributed by atoms with Crippen molar-refractivity contribution in [3.63, 3.8) is 0 Å². The quantitative estimate of drug-likeness (QED) is 0.873. The maximum Gasteiger partial charge on any atom is 0.263 e. The molecule has 9 heteroatoms. The summed E-state index contributed by atoms with van der Waals surface area (Å²) >= 11 is 7.01. The summed E-state index contributed by atoms with van der Waals surface area (Å²) in [6.07, 6.45) is 0.689. The van der Waals surface area contributed by atoms with Gasteiger partial charge in [-0.05, 0) is 30.2 Å². The number of nitrogens with one attached hydrogen (secondary N) is 1. The zero-order valence-corrected chi connectivity index (χ0v) is 12.9. The summed E-state index contributed by atoms with van der Waals surface area (Å²) in [5, 5.41) is 18.0. The second-order valence-electron chi connectivity index (χ2n) is 3.87. The standard InChI is InChI=1S/C11H12ClN3O3S2/c1-2-10-13-14-11(19-10)15-20(17,18)8-3-4-9(12)7(5-8)6-16/h3-5,16H,2,6H2,1H3,(H,14,15). The molecule has 0 amide bonds. The van der Waals surface area contributed by atoms with E-state index >= 15 is 0 Å². The summed E-state index contributed by atoms with van der Waals surface area (Å²) in [5.41, 5.74) is 0.348. The van der Waals surface area contributed by atoms with Crippen molar-refractivity contribution >= 4 is 38.1 Å². The Bertz CT molecular complexity index is 715. The molecule has 2 N–H and O–H groups in total. The van der Waals surface area contributed by atoms with Crippen LogP contribution in [0.1, 0.15) is 17.5 Å². The first-order valence-corrected chi connectivity index (χ1v) is 8.38. The van der Waals surface area contributed by atoms with Gasteiger partial charge in [0.15, 0.2) is 0 Å². The van der Waals surface area contributed by atoms with E-state index in [9.17, 15) is 8.42 Å². The van der Waals surface area contributed by atoms with Gasteiger partial charge in [-0.2, -0.15) is 0 Å². The highest BCUT2D eigenvalue weighted by Crippen LogP contribution is 2.23. The summed E-state index contributed by atoms with van der Waals surface area (Å²) in [5.74, 6) is 0. The zero-order chi connectivity index (χ0) is 14.8. The van der Waals surface area contributed by atoms with Crippen LogP contribution in [0.3, 0.4) is 0 Å². The maximum atomic E-state index is 12.2. The van der Waals surface area contributed by atoms with Crippen LogP contribution in [0.4, 0.5) is 5.13 Å². The van der Waals surface area contributed by atoms with Crippen LogP contribution in [0, 0.1) is 0 Å². The van der Waals surface area contributed by atoms with Crippen molar-refractivity contribution in [2.24, 2.45) is 0 Å². The average molecular weight is 334 g/mol. The Morgan fingerprint density at radius 2 is 2.15 bits per heavy atom. The van der Waals surface area contributed by atoms with Gasteiger partial charge in [-0.3, -0.25) is 4.72 Å². The number of nitrogens with zero attached hydrogens (tertiary/aromatic N) is 2. The molecule has 2 aromatic rings. The molecule has 2 rings (SSSR count). The summed E-state index contributed by atoms with van der Waals surface area (Å²) in [4.78, 5) is 0.0131. The third-order valence-electron chi connectivity index (χ3n) is 2.49. The minimum atomic E-state index is -3.77. The molecule has 0 atom stereocenters. The van der Waals surface area contributed by atoms with Crippen LogP contribution >= 0.6 is 22.9 Å². The molecule has 108 valence electrons. The van der Waals surface area contributed by atoms with Crippen LogP contribution < -0.4 is 4.72 Å². The van der Waals surface area contributed by atoms with E-state index in [2.05, 4.69) is 14.9 Å². The number of hydrogen-bond donors (Lipinski definition) is 2. The van der Waals surface area contributed by atoms with Crippen molar-refractivity contribution < 1.29 is 13.5 Å². The molecule has 0 bridgehead atoms. The number of aliphatic hydroxyl groups is 1. The zero-order valence-electron chi connectivity index (χ0n) is 10.5. The fourth-order valence-corrected chi connectivity index (χ4v) is 3.59. The number of aromatic nitrogens is 2. The van der Waals surface area contributed by atoms with Crippen LogP contribution in [0.15, 0.2) is 23.1 Å². The van der Waals surface area contributed by atoms with Gasteiger partial charge in [-0.15, -0.1) is 10.2 Å². The third-order valence-corrected chi connectivity index (χ3v) is 5.31. The summed E-state index contributed by atoms with van der Waals surface area (Å²) in [6, 6.07) is 4.12. The number of rotatable bonds is 5. The predicted octanol–water partition coefficient (Wildman–Crippen LogP) is 2.05. The molecule has 6 nitrogen and oxygen atoms in total. The van der Waals surface area contributed by atoms with Gasteiger partial charge in [0, 0.05) is 5.02 Å². The van der Waals surface area contributed by atoms with E-state index in [1.807, 2.05) is 6.92 Å². The maximum absolute atomic E-state index is 12.2. The Labute approximate surface area is 125 Å². The predicted molar refractivity (Wildman–Crippen MR) is 77.5 cm³/mol. The molecule has 0 saturated heterocycles. The Morgan fingerprint density at radius 3 is 2.75 bits per heavy atom. The van der Waals surface area contributed by atoms with Crippen LogP contribution in [0.5, 0.6) is 0 Å². The monoisotopic (exact) mass is 333 g/mol. The van der Waals surface area contributed by atoms with Crippen LogP contribution in [0.2, 0.25) is 5.02 Å². The summed E-state index contributed by atoms with van der Waals surface area (Å²) < 4.78 is 26.7. The highest BCUT2D eigenvalue weighted by Gasteiger charge is 2.18. The molecule has 0 aliphatic rings. The number of anilines is 1. The van der Waals surface area contributed by atoms with E-state index in [4.69, 9.17) is 16.7 Å². The summed E-state index contributed by atoms with van der Waals surface area (Å²) in [6.45, 7) is 1.58. The molecule has 0 aliphatic heterocycles. The lowest BCUT2D eigenvalue weighted by Crippen LogP contribution is -2.13. The van der Waals surface area contributed by atoms with E-state index in [1.54, 1.807) is 0 Å². The normalized spacial score (nSPS) is 11.6. The van der Waals surface area contributed by atoms with Gasteiger partial charge in [0.1, 0.15) is 5.01 Å². The molecule has 1 heterocycles. The minimum absolute atomic E-state index is 0.0131. The molecule has 1 aromatic heterocycles. The van der Waals surface area contributed by atoms with Crippen LogP contribution in [-0.2, 0) is 23.1 Å². The molecule has 0 radical (unpaired) electrons. The second kappa shape index (κ2) is 6.04. The Morgan fingerprint density at radius 1 is 1.40 bits per heavy atom. The number of aryl methyl sites for hydroxylation is 1. The first-order chi connectivity index (χ1) is 9.46. The van der Waals surface area contributed by atoms with E-state index in [-0.39, 0.29) is 16.6 Å². The minimum Gasteiger partial charge on any atom is -0.392 e. The largest absolute Gasteiger partial charge is 0.392 e. The van der Waals surface area contributed by atoms with Crippen molar-refractivity contribution in [3.8, 4) is 0 Å². The van der Waals surface area contributed by atoms with Crippen molar-refractivity contribution in [2.45, 2.75) is 24.8 Å². The first-order valence-electron chi connectivity index (χ1n) is 5.70. The number of aliphatic hydroxyl groups excluding tert-OH is 1. The van der Waals surface area contributed by atoms with Gasteiger partial charge in [0.2, 0.25) is 5.13 Å². The van der Waals surface area contributed by atoms with E-state index in [0.29, 0.717) is 17.0 Å². The third kappa shape index (κ3) is 3.26. The van der Waals surface area contributed by atoms with Crippen molar-refractivity contribution in [1.29, 1.82) is 0 Å². The van der Waals surface area contributed by atoms with E-state index in [0.717, 1.165) is 5.01 Å². The van der Waals surface area contributed by atoms with Gasteiger partial charge < -0.3 is 5.11 Å². The van der Waals surface area contributed by atoms with Gasteiger partial charge >= 0.3 is 0 Å². The fourth-order valence-electron chi connectivity index (χ4n) is 1.45. The van der Waals surface area contributed by atoms with Crippen molar-refractivity contribution in [1.82, 2.24) is 10.2 Å². The van der Waals surface area contributed by atoms with Gasteiger partial charge in [0.25, 0.3) is 10.0 Å². The molecular weight excluding hydrogens is 322 g/mol. The molecule has 0 spiro atoms. The highest BCUT2D eigenvalue weighted by atomic mass is 35.5. The fraction of sp³-hybridized carbons (Fsp3) is 0.273. The highest BCUT2D eigenvalue weighted by molar-refractivity contribution is 7.93. The average Bonchev–Trinajstić information content (AvgIpc) is 2.86. The van der Waals surface area contributed by atoms with Gasteiger partial charge in [-0.1, -0.05) is 29.9 Å². The van der Waals surface area contributed by atoms with E-state index in [1.165, 1.54) is 29.5 Å². The second-order valence-corrected chi connectivity index (χ2v) is 7.02. The lowest BCUT2D eigenvalue weighted by molar-refractivity contribution is 0.281. The smallest absolute Gasteiger partial charge is 0.263 e. The number of halogens is 1. The van der Waals surface area contributed by atoms with Crippen LogP contribution in [0.25, 0.3) is 0 Å². The SMILES string of the molecule is CCc1nnc(NS(=O)(=O)c2ccc(Cl)c(CO)c2)s1. The van der Waals surface area contributed by atoms with Crippen LogP contribution in [-0.4, -0.2) is 23.7 Å². The van der Waals surface area contributed by atoms with Crippen molar-refractivity contribution in [3.05, 3.63) is 33.8 Å². The topological polar surface area (TPSA) is 92.2 Å². The molecular formula is C11H12ClN3O3S2. The molecule has 20 heavy (non-hydrogen) atoms. The molecule has 1 aromatic carbocycles. The summed E-state index contributed by atoms with van der Waals surface area (Å²) in [7, 11) is -3.77. The lowest BCUT2D eigenvalue weighted by atomic mass is 10.2. The number of benzene rings is 1. The Balaban J connectivity index is 2.30. The lowest BCUT2D eigenvalue weighted by Gasteiger charge is -2.07. The first kappa shape index (κ1) is 15.2. The molecule has 0 unspecified atom stereocenters. The Kier molecular flexibility index (Phi) is 4.59. The molecule has 0 aliphatic carbocycles. The van der Waals surface area contributed by atoms with Gasteiger partial charge in [0.05, 0.1) is 11.5 Å². The van der Waals surface area contributed by atoms with Crippen molar-refractivity contribution in [2.75, 3.05) is 4.72 Å². The number of hydrogen-bond acceptors (Lipinski definition) is 6. The Hall–Kier alpha value is -1.22. The van der Waals surface area contributed by atoms with Gasteiger partial charge in [-0.25, -0.2) is 8.42 Å². The molecule has 0 fully saturated rings. The molecule has 0 saturated carbocycles. The van der Waals surface area contributed by atoms with E-state index < -0.39 is 10.0 Å².